The van der Waals surface area contributed by atoms with Gasteiger partial charge in [0.15, 0.2) is 5.69 Å². The van der Waals surface area contributed by atoms with E-state index in [9.17, 15) is 9.59 Å². The van der Waals surface area contributed by atoms with Crippen molar-refractivity contribution < 1.29 is 19.4 Å². The quantitative estimate of drug-likeness (QED) is 0.340. The maximum absolute atomic E-state index is 13.3. The number of nitrogens with zero attached hydrogens (tertiary/aromatic N) is 3. The van der Waals surface area contributed by atoms with Gasteiger partial charge in [-0.3, -0.25) is 9.59 Å². The molecule has 8 nitrogen and oxygen atoms in total. The Labute approximate surface area is 223 Å². The summed E-state index contributed by atoms with van der Waals surface area (Å²) < 4.78 is 5.59. The topological polar surface area (TPSA) is 119 Å². The van der Waals surface area contributed by atoms with E-state index in [1.54, 1.807) is 17.0 Å². The molecule has 0 unspecified atom stereocenters. The molecule has 9 heteroatoms. The van der Waals surface area contributed by atoms with Gasteiger partial charge in [-0.05, 0) is 65.1 Å². The third-order valence-electron chi connectivity index (χ3n) is 7.11. The molecule has 6 rings (SSSR count). The molecule has 0 saturated heterocycles. The number of amides is 2. The Morgan fingerprint density at radius 3 is 2.71 bits per heavy atom. The van der Waals surface area contributed by atoms with E-state index in [4.69, 9.17) is 27.2 Å². The smallest absolute Gasteiger partial charge is 0.269 e. The van der Waals surface area contributed by atoms with Crippen LogP contribution in [0.4, 0.5) is 5.69 Å². The number of hydrogen-bond donors (Lipinski definition) is 2. The largest absolute Gasteiger partial charge is 0.491 e. The summed E-state index contributed by atoms with van der Waals surface area (Å²) in [4.78, 5) is 27.3. The lowest BCUT2D eigenvalue weighted by atomic mass is 9.95. The number of carbonyl (C=O) groups excluding carboxylic acids is 2. The molecule has 4 aromatic rings. The van der Waals surface area contributed by atoms with Gasteiger partial charge in [0.2, 0.25) is 0 Å². The van der Waals surface area contributed by atoms with Crippen LogP contribution in [0.2, 0.25) is 5.02 Å². The number of hydrogen-bond acceptors (Lipinski definition) is 6. The van der Waals surface area contributed by atoms with Gasteiger partial charge in [0.1, 0.15) is 18.1 Å². The molecule has 0 atom stereocenters. The average Bonchev–Trinajstić information content (AvgIpc) is 3.44. The number of primary amides is 1. The summed E-state index contributed by atoms with van der Waals surface area (Å²) in [6.07, 6.45) is 0.446. The van der Waals surface area contributed by atoms with E-state index in [0.29, 0.717) is 40.6 Å². The average molecular weight is 527 g/mol. The van der Waals surface area contributed by atoms with E-state index in [-0.39, 0.29) is 24.8 Å². The molecule has 2 amide bonds. The number of aliphatic hydroxyl groups excluding tert-OH is 1. The Hall–Kier alpha value is -4.27. The van der Waals surface area contributed by atoms with Crippen LogP contribution in [0.1, 0.15) is 43.1 Å². The van der Waals surface area contributed by atoms with E-state index in [1.165, 1.54) is 0 Å². The van der Waals surface area contributed by atoms with E-state index in [1.807, 2.05) is 49.4 Å². The van der Waals surface area contributed by atoms with Crippen molar-refractivity contribution in [3.63, 3.8) is 0 Å². The minimum absolute atomic E-state index is 0.0889. The van der Waals surface area contributed by atoms with Gasteiger partial charge in [-0.25, -0.2) is 0 Å². The Morgan fingerprint density at radius 2 is 1.92 bits per heavy atom. The lowest BCUT2D eigenvalue weighted by Gasteiger charge is -2.21. The molecule has 0 bridgehead atoms. The monoisotopic (exact) mass is 526 g/mol. The standard InChI is InChI=1S/C29H23ClN4O4/c1-15-20(3-2-4-24(15)34-14-16-5-6-18(30)13-22(16)29(34)37)26-25-21-8-7-19(38-10-9-35)11-17(21)12-23(25)27(28(31)36)33-32-26/h2-8,11,13,35H,9-10,12,14H2,1H3,(H2,31,36). The molecule has 0 saturated carbocycles. The normalized spacial score (nSPS) is 13.3. The van der Waals surface area contributed by atoms with Crippen molar-refractivity contribution in [2.24, 2.45) is 5.73 Å². The predicted octanol–water partition coefficient (Wildman–Crippen LogP) is 4.31. The fraction of sp³-hybridized carbons (Fsp3) is 0.172. The van der Waals surface area contributed by atoms with Gasteiger partial charge in [-0.1, -0.05) is 35.9 Å². The molecule has 3 aromatic carbocycles. The maximum atomic E-state index is 13.3. The zero-order valence-electron chi connectivity index (χ0n) is 20.5. The number of nitrogens with two attached hydrogens (primary N) is 1. The second-order valence-corrected chi connectivity index (χ2v) is 9.76. The van der Waals surface area contributed by atoms with Crippen LogP contribution >= 0.6 is 11.6 Å². The van der Waals surface area contributed by atoms with Gasteiger partial charge in [0.05, 0.1) is 13.2 Å². The summed E-state index contributed by atoms with van der Waals surface area (Å²) >= 11 is 6.15. The maximum Gasteiger partial charge on any atom is 0.269 e. The van der Waals surface area contributed by atoms with E-state index >= 15 is 0 Å². The van der Waals surface area contributed by atoms with Crippen LogP contribution in [-0.4, -0.2) is 40.3 Å². The first-order chi connectivity index (χ1) is 18.4. The molecule has 190 valence electrons. The van der Waals surface area contributed by atoms with Crippen molar-refractivity contribution in [3.8, 4) is 28.1 Å². The highest BCUT2D eigenvalue weighted by molar-refractivity contribution is 6.31. The Balaban J connectivity index is 1.47. The molecular formula is C29H23ClN4O4. The lowest BCUT2D eigenvalue weighted by molar-refractivity contribution is 0.0987. The van der Waals surface area contributed by atoms with Gasteiger partial charge in [-0.2, -0.15) is 0 Å². The molecule has 0 spiro atoms. The number of aliphatic hydroxyl groups is 1. The number of anilines is 1. The van der Waals surface area contributed by atoms with Crippen molar-refractivity contribution in [2.75, 3.05) is 18.1 Å². The summed E-state index contributed by atoms with van der Waals surface area (Å²) in [6.45, 7) is 2.49. The lowest BCUT2D eigenvalue weighted by Crippen LogP contribution is -2.24. The number of benzene rings is 3. The van der Waals surface area contributed by atoms with Crippen molar-refractivity contribution in [1.29, 1.82) is 0 Å². The van der Waals surface area contributed by atoms with Crippen LogP contribution in [0.5, 0.6) is 5.75 Å². The second-order valence-electron chi connectivity index (χ2n) is 9.33. The van der Waals surface area contributed by atoms with Crippen LogP contribution in [0.3, 0.4) is 0 Å². The molecule has 1 aliphatic heterocycles. The van der Waals surface area contributed by atoms with Crippen LogP contribution in [0, 0.1) is 6.92 Å². The summed E-state index contributed by atoms with van der Waals surface area (Å²) in [7, 11) is 0. The van der Waals surface area contributed by atoms with Gasteiger partial charge in [-0.15, -0.1) is 10.2 Å². The molecule has 3 N–H and O–H groups in total. The molecule has 1 aliphatic carbocycles. The zero-order valence-corrected chi connectivity index (χ0v) is 21.2. The van der Waals surface area contributed by atoms with Crippen LogP contribution in [-0.2, 0) is 13.0 Å². The van der Waals surface area contributed by atoms with Gasteiger partial charge in [0.25, 0.3) is 11.8 Å². The number of ether oxygens (including phenoxy) is 1. The minimum atomic E-state index is -0.644. The first-order valence-electron chi connectivity index (χ1n) is 12.1. The summed E-state index contributed by atoms with van der Waals surface area (Å²) in [5.74, 6) is -0.127. The van der Waals surface area contributed by atoms with E-state index in [0.717, 1.165) is 39.1 Å². The summed E-state index contributed by atoms with van der Waals surface area (Å²) in [5, 5.41) is 18.3. The molecule has 1 aromatic heterocycles. The van der Waals surface area contributed by atoms with Crippen molar-refractivity contribution in [3.05, 3.63) is 93.1 Å². The molecule has 38 heavy (non-hydrogen) atoms. The molecule has 2 aliphatic rings. The second kappa shape index (κ2) is 9.24. The third-order valence-corrected chi connectivity index (χ3v) is 7.34. The highest BCUT2D eigenvalue weighted by Gasteiger charge is 2.32. The zero-order chi connectivity index (χ0) is 26.6. The van der Waals surface area contributed by atoms with Gasteiger partial charge in [0, 0.05) is 33.8 Å². The first kappa shape index (κ1) is 24.1. The fourth-order valence-corrected chi connectivity index (χ4v) is 5.54. The molecular weight excluding hydrogens is 504 g/mol. The summed E-state index contributed by atoms with van der Waals surface area (Å²) in [5.41, 5.74) is 13.7. The fourth-order valence-electron chi connectivity index (χ4n) is 5.36. The van der Waals surface area contributed by atoms with Crippen LogP contribution in [0.25, 0.3) is 22.4 Å². The van der Waals surface area contributed by atoms with Gasteiger partial charge >= 0.3 is 0 Å². The van der Waals surface area contributed by atoms with Crippen LogP contribution in [0.15, 0.2) is 54.6 Å². The molecule has 0 radical (unpaired) electrons. The number of aromatic nitrogens is 2. The summed E-state index contributed by atoms with van der Waals surface area (Å²) in [6, 6.07) is 16.8. The Morgan fingerprint density at radius 1 is 1.08 bits per heavy atom. The number of carbonyl (C=O) groups is 2. The van der Waals surface area contributed by atoms with Crippen LogP contribution < -0.4 is 15.4 Å². The third kappa shape index (κ3) is 3.81. The van der Waals surface area contributed by atoms with Crippen molar-refractivity contribution in [2.45, 2.75) is 19.9 Å². The highest BCUT2D eigenvalue weighted by Crippen LogP contribution is 2.45. The number of fused-ring (bicyclic) bond motifs is 4. The van der Waals surface area contributed by atoms with Crippen molar-refractivity contribution >= 4 is 29.1 Å². The molecule has 2 heterocycles. The van der Waals surface area contributed by atoms with E-state index in [2.05, 4.69) is 10.2 Å². The number of rotatable bonds is 6. The predicted molar refractivity (Wildman–Crippen MR) is 144 cm³/mol. The highest BCUT2D eigenvalue weighted by atomic mass is 35.5. The van der Waals surface area contributed by atoms with Crippen molar-refractivity contribution in [1.82, 2.24) is 10.2 Å². The van der Waals surface area contributed by atoms with E-state index < -0.39 is 5.91 Å². The Kier molecular flexibility index (Phi) is 5.86. The Bertz CT molecular complexity index is 1650. The minimum Gasteiger partial charge on any atom is -0.491 e. The number of halogens is 1. The van der Waals surface area contributed by atoms with Gasteiger partial charge < -0.3 is 20.5 Å². The molecule has 0 fully saturated rings. The SMILES string of the molecule is Cc1c(-c2nnc(C(N)=O)c3c2-c2ccc(OCCO)cc2C3)cccc1N1Cc2ccc(Cl)cc2C1=O. The first-order valence-corrected chi connectivity index (χ1v) is 12.5.